The van der Waals surface area contributed by atoms with Gasteiger partial charge in [-0.25, -0.2) is 18.4 Å². The van der Waals surface area contributed by atoms with Crippen LogP contribution >= 0.6 is 0 Å². The summed E-state index contributed by atoms with van der Waals surface area (Å²) in [5.41, 5.74) is 1.03. The van der Waals surface area contributed by atoms with Crippen molar-refractivity contribution in [2.24, 2.45) is 0 Å². The van der Waals surface area contributed by atoms with Crippen LogP contribution in [-0.2, 0) is 4.74 Å². The summed E-state index contributed by atoms with van der Waals surface area (Å²) < 4.78 is 39.5. The highest BCUT2D eigenvalue weighted by atomic mass is 19.1. The molecule has 0 bridgehead atoms. The number of rotatable bonds is 8. The fourth-order valence-corrected chi connectivity index (χ4v) is 2.34. The Morgan fingerprint density at radius 3 is 2.67 bits per heavy atom. The lowest BCUT2D eigenvalue weighted by Crippen LogP contribution is -2.10. The number of nitrogens with one attached hydrogen (secondary N) is 1. The molecular weight excluding hydrogens is 354 g/mol. The molecule has 0 saturated carbocycles. The summed E-state index contributed by atoms with van der Waals surface area (Å²) in [4.78, 5) is 3.83. The van der Waals surface area contributed by atoms with Crippen molar-refractivity contribution < 1.29 is 18.3 Å². The van der Waals surface area contributed by atoms with E-state index in [0.717, 1.165) is 17.5 Å². The highest BCUT2D eigenvalue weighted by molar-refractivity contribution is 5.70. The SMILES string of the molecule is COc1ccc(NCCO/C(=C/n2cncn2)c2ccc(F)cc2F)cc1. The van der Waals surface area contributed by atoms with Gasteiger partial charge in [-0.3, -0.25) is 0 Å². The smallest absolute Gasteiger partial charge is 0.147 e. The van der Waals surface area contributed by atoms with E-state index in [-0.39, 0.29) is 17.9 Å². The first-order valence-electron chi connectivity index (χ1n) is 8.18. The van der Waals surface area contributed by atoms with E-state index >= 15 is 0 Å². The van der Waals surface area contributed by atoms with Crippen molar-refractivity contribution in [2.45, 2.75) is 0 Å². The lowest BCUT2D eigenvalue weighted by Gasteiger charge is -2.13. The maximum absolute atomic E-state index is 14.1. The number of ether oxygens (including phenoxy) is 2. The molecule has 0 atom stereocenters. The second-order valence-electron chi connectivity index (χ2n) is 5.50. The summed E-state index contributed by atoms with van der Waals surface area (Å²) >= 11 is 0. The van der Waals surface area contributed by atoms with Crippen molar-refractivity contribution in [3.05, 3.63) is 72.3 Å². The minimum absolute atomic E-state index is 0.136. The first kappa shape index (κ1) is 18.4. The first-order chi connectivity index (χ1) is 13.2. The molecule has 0 radical (unpaired) electrons. The molecular formula is C19H18F2N4O2. The topological polar surface area (TPSA) is 61.2 Å². The molecule has 2 aromatic carbocycles. The van der Waals surface area contributed by atoms with E-state index in [1.54, 1.807) is 7.11 Å². The number of benzene rings is 2. The number of anilines is 1. The molecule has 3 rings (SSSR count). The number of hydrogen-bond acceptors (Lipinski definition) is 5. The van der Waals surface area contributed by atoms with Crippen LogP contribution in [0.25, 0.3) is 12.0 Å². The number of hydrogen-bond donors (Lipinski definition) is 1. The van der Waals surface area contributed by atoms with E-state index in [9.17, 15) is 8.78 Å². The molecule has 27 heavy (non-hydrogen) atoms. The summed E-state index contributed by atoms with van der Waals surface area (Å²) in [6.45, 7) is 0.729. The van der Waals surface area contributed by atoms with Crippen molar-refractivity contribution in [1.82, 2.24) is 14.8 Å². The summed E-state index contributed by atoms with van der Waals surface area (Å²) in [6.07, 6.45) is 4.28. The molecule has 0 amide bonds. The number of halogens is 2. The third-order valence-corrected chi connectivity index (χ3v) is 3.66. The van der Waals surface area contributed by atoms with Crippen molar-refractivity contribution in [3.8, 4) is 5.75 Å². The van der Waals surface area contributed by atoms with E-state index in [1.165, 1.54) is 35.7 Å². The predicted octanol–water partition coefficient (Wildman–Crippen LogP) is 3.65. The molecule has 0 unspecified atom stereocenters. The monoisotopic (exact) mass is 372 g/mol. The van der Waals surface area contributed by atoms with Gasteiger partial charge in [0.05, 0.1) is 18.9 Å². The molecule has 0 saturated heterocycles. The molecule has 0 spiro atoms. The van der Waals surface area contributed by atoms with Gasteiger partial charge in [0, 0.05) is 18.3 Å². The fraction of sp³-hybridized carbons (Fsp3) is 0.158. The van der Waals surface area contributed by atoms with Gasteiger partial charge >= 0.3 is 0 Å². The molecule has 0 aliphatic carbocycles. The molecule has 6 nitrogen and oxygen atoms in total. The highest BCUT2D eigenvalue weighted by Gasteiger charge is 2.11. The van der Waals surface area contributed by atoms with Gasteiger partial charge in [-0.2, -0.15) is 5.10 Å². The van der Waals surface area contributed by atoms with E-state index < -0.39 is 11.6 Å². The molecule has 8 heteroatoms. The Balaban J connectivity index is 1.66. The third-order valence-electron chi connectivity index (χ3n) is 3.66. The van der Waals surface area contributed by atoms with Crippen LogP contribution in [0.15, 0.2) is 55.1 Å². The predicted molar refractivity (Wildman–Crippen MR) is 98.0 cm³/mol. The van der Waals surface area contributed by atoms with Gasteiger partial charge in [-0.1, -0.05) is 0 Å². The lowest BCUT2D eigenvalue weighted by molar-refractivity contribution is 0.291. The Kier molecular flexibility index (Phi) is 5.98. The van der Waals surface area contributed by atoms with Crippen LogP contribution in [-0.4, -0.2) is 35.0 Å². The molecule has 0 aliphatic rings. The lowest BCUT2D eigenvalue weighted by atomic mass is 10.2. The van der Waals surface area contributed by atoms with Crippen molar-refractivity contribution in [1.29, 1.82) is 0 Å². The van der Waals surface area contributed by atoms with Crippen molar-refractivity contribution in [3.63, 3.8) is 0 Å². The molecule has 0 fully saturated rings. The maximum Gasteiger partial charge on any atom is 0.147 e. The van der Waals surface area contributed by atoms with Crippen LogP contribution in [0.4, 0.5) is 14.5 Å². The Labute approximate surface area is 155 Å². The van der Waals surface area contributed by atoms with E-state index in [1.807, 2.05) is 24.3 Å². The van der Waals surface area contributed by atoms with Crippen LogP contribution < -0.4 is 10.1 Å². The van der Waals surface area contributed by atoms with Crippen molar-refractivity contribution >= 4 is 17.6 Å². The van der Waals surface area contributed by atoms with E-state index in [0.29, 0.717) is 6.54 Å². The molecule has 1 aromatic heterocycles. The van der Waals surface area contributed by atoms with Gasteiger partial charge in [0.15, 0.2) is 0 Å². The summed E-state index contributed by atoms with van der Waals surface area (Å²) in [6, 6.07) is 10.7. The Hall–Kier alpha value is -3.42. The second kappa shape index (κ2) is 8.79. The largest absolute Gasteiger partial charge is 0.497 e. The molecule has 140 valence electrons. The van der Waals surface area contributed by atoms with Crippen LogP contribution in [0.5, 0.6) is 5.75 Å². The van der Waals surface area contributed by atoms with E-state index in [4.69, 9.17) is 9.47 Å². The molecule has 1 heterocycles. The summed E-state index contributed by atoms with van der Waals surface area (Å²) in [5, 5.41) is 7.14. The summed E-state index contributed by atoms with van der Waals surface area (Å²) in [7, 11) is 1.61. The zero-order valence-electron chi connectivity index (χ0n) is 14.6. The standard InChI is InChI=1S/C19H18F2N4O2/c1-26-16-5-3-15(4-6-16)23-8-9-27-19(11-25-13-22-12-24-25)17-7-2-14(20)10-18(17)21/h2-7,10-13,23H,8-9H2,1H3/b19-11+. The quantitative estimate of drug-likeness (QED) is 0.483. The molecule has 3 aromatic rings. The van der Waals surface area contributed by atoms with Crippen LogP contribution in [0, 0.1) is 11.6 Å². The van der Waals surface area contributed by atoms with Crippen LogP contribution in [0.1, 0.15) is 5.56 Å². The zero-order chi connectivity index (χ0) is 19.1. The molecule has 1 N–H and O–H groups in total. The van der Waals surface area contributed by atoms with Gasteiger partial charge in [0.25, 0.3) is 0 Å². The van der Waals surface area contributed by atoms with Gasteiger partial charge in [0.1, 0.15) is 42.4 Å². The molecule has 0 aliphatic heterocycles. The fourth-order valence-electron chi connectivity index (χ4n) is 2.34. The van der Waals surface area contributed by atoms with Gasteiger partial charge in [-0.15, -0.1) is 0 Å². The Morgan fingerprint density at radius 2 is 2.00 bits per heavy atom. The van der Waals surface area contributed by atoms with Gasteiger partial charge < -0.3 is 14.8 Å². The van der Waals surface area contributed by atoms with Gasteiger partial charge in [0.2, 0.25) is 0 Å². The average Bonchev–Trinajstić information content (AvgIpc) is 3.18. The highest BCUT2D eigenvalue weighted by Crippen LogP contribution is 2.21. The van der Waals surface area contributed by atoms with Gasteiger partial charge in [-0.05, 0) is 36.4 Å². The second-order valence-corrected chi connectivity index (χ2v) is 5.50. The Morgan fingerprint density at radius 1 is 1.19 bits per heavy atom. The number of methoxy groups -OCH3 is 1. The first-order valence-corrected chi connectivity index (χ1v) is 8.18. The zero-order valence-corrected chi connectivity index (χ0v) is 14.6. The maximum atomic E-state index is 14.1. The van der Waals surface area contributed by atoms with Crippen LogP contribution in [0.2, 0.25) is 0 Å². The number of aromatic nitrogens is 3. The minimum Gasteiger partial charge on any atom is -0.497 e. The third kappa shape index (κ3) is 5.04. The van der Waals surface area contributed by atoms with E-state index in [2.05, 4.69) is 15.4 Å². The minimum atomic E-state index is -0.718. The average molecular weight is 372 g/mol. The normalized spacial score (nSPS) is 11.3. The van der Waals surface area contributed by atoms with Crippen molar-refractivity contribution in [2.75, 3.05) is 25.6 Å². The summed E-state index contributed by atoms with van der Waals surface area (Å²) in [5.74, 6) is -0.391. The Bertz CT molecular complexity index is 897. The van der Waals surface area contributed by atoms with Crippen LogP contribution in [0.3, 0.4) is 0 Å². The number of nitrogens with zero attached hydrogens (tertiary/aromatic N) is 3.